The third kappa shape index (κ3) is 3.71. The molecule has 0 unspecified atom stereocenters. The zero-order chi connectivity index (χ0) is 12.8. The lowest BCUT2D eigenvalue weighted by Gasteiger charge is -2.11. The van der Waals surface area contributed by atoms with Crippen LogP contribution in [0.3, 0.4) is 0 Å². The molecule has 1 aromatic rings. The number of hydrogen-bond donors (Lipinski definition) is 0. The Labute approximate surface area is 95.4 Å². The van der Waals surface area contributed by atoms with Crippen LogP contribution in [0.5, 0.6) is 11.5 Å². The maximum absolute atomic E-state index is 12.2. The lowest BCUT2D eigenvalue weighted by atomic mass is 10.2. The van der Waals surface area contributed by atoms with E-state index in [9.17, 15) is 18.9 Å². The molecule has 0 N–H and O–H groups in total. The number of rotatable bonds is 5. The van der Waals surface area contributed by atoms with Crippen molar-refractivity contribution in [3.05, 3.63) is 40.1 Å². The van der Waals surface area contributed by atoms with E-state index in [4.69, 9.17) is 4.74 Å². The van der Waals surface area contributed by atoms with E-state index in [1.165, 1.54) is 25.3 Å². The third-order valence-corrected chi connectivity index (χ3v) is 1.81. The van der Waals surface area contributed by atoms with Gasteiger partial charge in [0.2, 0.25) is 6.20 Å². The van der Waals surface area contributed by atoms with Crippen LogP contribution < -0.4 is 9.47 Å². The average molecular weight is 245 g/mol. The molecule has 0 spiro atoms. The van der Waals surface area contributed by atoms with Crippen LogP contribution in [0.4, 0.5) is 8.78 Å². The first kappa shape index (κ1) is 12.9. The maximum Gasteiger partial charge on any atom is 0.387 e. The van der Waals surface area contributed by atoms with Crippen LogP contribution in [0.1, 0.15) is 5.56 Å². The SMILES string of the molecule is COc1cccc(/C=C/[N+](=O)[O-])c1OC(F)F. The number of hydrogen-bond acceptors (Lipinski definition) is 4. The number of halogens is 2. The summed E-state index contributed by atoms with van der Waals surface area (Å²) < 4.78 is 33.5. The molecule has 0 aliphatic rings. The van der Waals surface area contributed by atoms with Gasteiger partial charge in [0.05, 0.1) is 12.0 Å². The molecule has 0 fully saturated rings. The Bertz CT molecular complexity index is 434. The highest BCUT2D eigenvalue weighted by Gasteiger charge is 2.14. The summed E-state index contributed by atoms with van der Waals surface area (Å²) in [5, 5.41) is 10.2. The average Bonchev–Trinajstić information content (AvgIpc) is 2.26. The van der Waals surface area contributed by atoms with Crippen LogP contribution in [-0.4, -0.2) is 18.6 Å². The molecule has 0 bridgehead atoms. The van der Waals surface area contributed by atoms with Gasteiger partial charge in [-0.15, -0.1) is 0 Å². The summed E-state index contributed by atoms with van der Waals surface area (Å²) in [5.41, 5.74) is 0.140. The number of para-hydroxylation sites is 1. The lowest BCUT2D eigenvalue weighted by molar-refractivity contribution is -0.400. The minimum absolute atomic E-state index is 0.0794. The minimum atomic E-state index is -3.03. The van der Waals surface area contributed by atoms with Crippen LogP contribution >= 0.6 is 0 Å². The number of nitro groups is 1. The molecule has 0 heterocycles. The Morgan fingerprint density at radius 3 is 2.71 bits per heavy atom. The van der Waals surface area contributed by atoms with Gasteiger partial charge < -0.3 is 9.47 Å². The van der Waals surface area contributed by atoms with Gasteiger partial charge in [-0.3, -0.25) is 10.1 Å². The first-order chi connectivity index (χ1) is 8.04. The van der Waals surface area contributed by atoms with Gasteiger partial charge in [0.25, 0.3) is 0 Å². The molecule has 0 atom stereocenters. The van der Waals surface area contributed by atoms with Crippen molar-refractivity contribution in [2.45, 2.75) is 6.61 Å². The van der Waals surface area contributed by atoms with E-state index in [1.54, 1.807) is 0 Å². The topological polar surface area (TPSA) is 61.6 Å². The van der Waals surface area contributed by atoms with Crippen molar-refractivity contribution in [3.8, 4) is 11.5 Å². The van der Waals surface area contributed by atoms with Crippen LogP contribution in [0, 0.1) is 10.1 Å². The molecule has 0 aliphatic carbocycles. The first-order valence-corrected chi connectivity index (χ1v) is 4.48. The monoisotopic (exact) mass is 245 g/mol. The van der Waals surface area contributed by atoms with Crippen molar-refractivity contribution < 1.29 is 23.2 Å². The summed E-state index contributed by atoms with van der Waals surface area (Å²) in [6.45, 7) is -3.03. The lowest BCUT2D eigenvalue weighted by Crippen LogP contribution is -2.05. The Morgan fingerprint density at radius 2 is 2.18 bits per heavy atom. The molecule has 0 saturated heterocycles. The second kappa shape index (κ2) is 5.78. The van der Waals surface area contributed by atoms with Gasteiger partial charge in [-0.2, -0.15) is 8.78 Å². The zero-order valence-corrected chi connectivity index (χ0v) is 8.80. The number of methoxy groups -OCH3 is 1. The number of alkyl halides is 2. The quantitative estimate of drug-likeness (QED) is 0.590. The van der Waals surface area contributed by atoms with Gasteiger partial charge in [-0.05, 0) is 6.07 Å². The molecular weight excluding hydrogens is 236 g/mol. The van der Waals surface area contributed by atoms with E-state index < -0.39 is 11.5 Å². The fraction of sp³-hybridized carbons (Fsp3) is 0.200. The van der Waals surface area contributed by atoms with Crippen LogP contribution in [-0.2, 0) is 0 Å². The molecule has 0 radical (unpaired) electrons. The summed E-state index contributed by atoms with van der Waals surface area (Å²) in [6, 6.07) is 4.33. The fourth-order valence-corrected chi connectivity index (χ4v) is 1.18. The van der Waals surface area contributed by atoms with Crippen molar-refractivity contribution in [2.24, 2.45) is 0 Å². The van der Waals surface area contributed by atoms with Crippen molar-refractivity contribution in [2.75, 3.05) is 7.11 Å². The molecule has 7 heteroatoms. The van der Waals surface area contributed by atoms with Crippen molar-refractivity contribution in [3.63, 3.8) is 0 Å². The normalized spacial score (nSPS) is 10.8. The van der Waals surface area contributed by atoms with E-state index in [0.717, 1.165) is 6.08 Å². The summed E-state index contributed by atoms with van der Waals surface area (Å²) in [5.74, 6) is -0.154. The fourth-order valence-electron chi connectivity index (χ4n) is 1.18. The van der Waals surface area contributed by atoms with E-state index in [2.05, 4.69) is 4.74 Å². The molecule has 0 aromatic heterocycles. The third-order valence-electron chi connectivity index (χ3n) is 1.81. The van der Waals surface area contributed by atoms with Gasteiger partial charge >= 0.3 is 6.61 Å². The molecule has 0 amide bonds. The zero-order valence-electron chi connectivity index (χ0n) is 8.80. The Hall–Kier alpha value is -2.18. The van der Waals surface area contributed by atoms with Gasteiger partial charge in [0.15, 0.2) is 11.5 Å². The van der Waals surface area contributed by atoms with Crippen LogP contribution in [0.2, 0.25) is 0 Å². The molecule has 0 saturated carbocycles. The molecule has 92 valence electrons. The highest BCUT2D eigenvalue weighted by atomic mass is 19.3. The largest absolute Gasteiger partial charge is 0.493 e. The molecule has 1 rings (SSSR count). The minimum Gasteiger partial charge on any atom is -0.493 e. The van der Waals surface area contributed by atoms with Crippen molar-refractivity contribution in [1.29, 1.82) is 0 Å². The number of ether oxygens (including phenoxy) is 2. The molecule has 0 aliphatic heterocycles. The summed E-state index contributed by atoms with van der Waals surface area (Å²) in [6.07, 6.45) is 1.69. The van der Waals surface area contributed by atoms with Gasteiger partial charge in [0.1, 0.15) is 0 Å². The summed E-state index contributed by atoms with van der Waals surface area (Å²) >= 11 is 0. The Kier molecular flexibility index (Phi) is 4.38. The second-order valence-corrected chi connectivity index (χ2v) is 2.86. The predicted octanol–water partition coefficient (Wildman–Crippen LogP) is 2.54. The molecule has 5 nitrogen and oxygen atoms in total. The highest BCUT2D eigenvalue weighted by Crippen LogP contribution is 2.33. The first-order valence-electron chi connectivity index (χ1n) is 4.48. The van der Waals surface area contributed by atoms with E-state index in [-0.39, 0.29) is 17.1 Å². The van der Waals surface area contributed by atoms with Crippen LogP contribution in [0.25, 0.3) is 6.08 Å². The van der Waals surface area contributed by atoms with Crippen molar-refractivity contribution in [1.82, 2.24) is 0 Å². The maximum atomic E-state index is 12.2. The van der Waals surface area contributed by atoms with Gasteiger partial charge in [-0.25, -0.2) is 0 Å². The summed E-state index contributed by atoms with van der Waals surface area (Å²) in [4.78, 5) is 9.46. The molecular formula is C10H9F2NO4. The van der Waals surface area contributed by atoms with Crippen molar-refractivity contribution >= 4 is 6.08 Å². The predicted molar refractivity (Wildman–Crippen MR) is 55.7 cm³/mol. The van der Waals surface area contributed by atoms with E-state index in [0.29, 0.717) is 6.20 Å². The second-order valence-electron chi connectivity index (χ2n) is 2.86. The van der Waals surface area contributed by atoms with E-state index >= 15 is 0 Å². The van der Waals surface area contributed by atoms with E-state index in [1.807, 2.05) is 0 Å². The highest BCUT2D eigenvalue weighted by molar-refractivity contribution is 5.61. The summed E-state index contributed by atoms with van der Waals surface area (Å²) in [7, 11) is 1.29. The number of benzene rings is 1. The molecule has 17 heavy (non-hydrogen) atoms. The van der Waals surface area contributed by atoms with Gasteiger partial charge in [0, 0.05) is 11.6 Å². The molecule has 1 aromatic carbocycles. The Balaban J connectivity index is 3.14. The Morgan fingerprint density at radius 1 is 1.47 bits per heavy atom. The number of nitrogens with zero attached hydrogens (tertiary/aromatic N) is 1. The van der Waals surface area contributed by atoms with Crippen LogP contribution in [0.15, 0.2) is 24.4 Å². The van der Waals surface area contributed by atoms with Gasteiger partial charge in [-0.1, -0.05) is 12.1 Å². The smallest absolute Gasteiger partial charge is 0.387 e. The standard InChI is InChI=1S/C10H9F2NO4/c1-16-8-4-2-3-7(5-6-13(14)15)9(8)17-10(11)12/h2-6,10H,1H3/b6-5+.